The van der Waals surface area contributed by atoms with E-state index in [4.69, 9.17) is 23.2 Å². The summed E-state index contributed by atoms with van der Waals surface area (Å²) in [7, 11) is 0. The molecule has 0 fully saturated rings. The third-order valence-electron chi connectivity index (χ3n) is 2.74. The van der Waals surface area contributed by atoms with Crippen LogP contribution in [0.4, 0.5) is 14.5 Å². The highest BCUT2D eigenvalue weighted by Gasteiger charge is 2.10. The largest absolute Gasteiger partial charge is 0.387 e. The number of hydrogen-bond acceptors (Lipinski definition) is 2. The van der Waals surface area contributed by atoms with Crippen molar-refractivity contribution < 1.29 is 13.9 Å². The number of aliphatic hydroxyl groups is 1. The lowest BCUT2D eigenvalue weighted by Crippen LogP contribution is -2.12. The van der Waals surface area contributed by atoms with Gasteiger partial charge in [0.1, 0.15) is 5.82 Å². The number of halogens is 4. The smallest absolute Gasteiger partial charge is 0.160 e. The molecule has 2 aromatic carbocycles. The van der Waals surface area contributed by atoms with Gasteiger partial charge in [-0.05, 0) is 29.8 Å². The van der Waals surface area contributed by atoms with Crippen molar-refractivity contribution in [1.29, 1.82) is 0 Å². The van der Waals surface area contributed by atoms with E-state index in [0.29, 0.717) is 11.3 Å². The van der Waals surface area contributed by atoms with Gasteiger partial charge in [-0.2, -0.15) is 0 Å². The van der Waals surface area contributed by atoms with Crippen LogP contribution in [0.1, 0.15) is 11.7 Å². The maximum absolute atomic E-state index is 13.2. The van der Waals surface area contributed by atoms with Gasteiger partial charge in [0.05, 0.1) is 16.1 Å². The monoisotopic (exact) mass is 317 g/mol. The van der Waals surface area contributed by atoms with Crippen molar-refractivity contribution >= 4 is 28.9 Å². The van der Waals surface area contributed by atoms with E-state index in [1.54, 1.807) is 0 Å². The van der Waals surface area contributed by atoms with Gasteiger partial charge in [-0.1, -0.05) is 35.3 Å². The van der Waals surface area contributed by atoms with Crippen LogP contribution in [-0.2, 0) is 0 Å². The van der Waals surface area contributed by atoms with Gasteiger partial charge < -0.3 is 10.4 Å². The average Bonchev–Trinajstić information content (AvgIpc) is 2.42. The van der Waals surface area contributed by atoms with E-state index in [0.717, 1.165) is 0 Å². The Morgan fingerprint density at radius 2 is 1.60 bits per heavy atom. The zero-order valence-corrected chi connectivity index (χ0v) is 11.7. The molecule has 0 spiro atoms. The first-order valence-electron chi connectivity index (χ1n) is 5.79. The molecule has 2 rings (SSSR count). The summed E-state index contributed by atoms with van der Waals surface area (Å²) in [5.41, 5.74) is 1.06. The van der Waals surface area contributed by atoms with Crippen molar-refractivity contribution in [2.45, 2.75) is 6.10 Å². The number of benzene rings is 2. The highest BCUT2D eigenvalue weighted by Crippen LogP contribution is 2.27. The van der Waals surface area contributed by atoms with Gasteiger partial charge in [0.15, 0.2) is 5.82 Å². The zero-order valence-electron chi connectivity index (χ0n) is 10.2. The number of rotatable bonds is 4. The van der Waals surface area contributed by atoms with Gasteiger partial charge in [-0.15, -0.1) is 0 Å². The average molecular weight is 318 g/mol. The molecule has 0 amide bonds. The number of aliphatic hydroxyl groups excluding tert-OH is 1. The molecule has 0 aliphatic rings. The van der Waals surface area contributed by atoms with Crippen LogP contribution in [-0.4, -0.2) is 11.7 Å². The molecular weight excluding hydrogens is 307 g/mol. The van der Waals surface area contributed by atoms with Crippen molar-refractivity contribution in [1.82, 2.24) is 0 Å². The second-order valence-corrected chi connectivity index (χ2v) is 5.02. The standard InChI is InChI=1S/C14H11Cl2F2NO/c15-11-5-10(6-12(16)14(11)18)19-7-13(20)8-1-3-9(17)4-2-8/h1-6,13,19-20H,7H2. The second kappa shape index (κ2) is 6.39. The van der Waals surface area contributed by atoms with Crippen LogP contribution in [0.25, 0.3) is 0 Å². The van der Waals surface area contributed by atoms with Gasteiger partial charge in [0.25, 0.3) is 0 Å². The molecule has 2 N–H and O–H groups in total. The van der Waals surface area contributed by atoms with Gasteiger partial charge >= 0.3 is 0 Å². The van der Waals surface area contributed by atoms with Crippen molar-refractivity contribution in [3.8, 4) is 0 Å². The van der Waals surface area contributed by atoms with E-state index in [2.05, 4.69) is 5.32 Å². The number of anilines is 1. The third kappa shape index (κ3) is 3.60. The molecule has 0 saturated heterocycles. The van der Waals surface area contributed by atoms with Crippen molar-refractivity contribution in [2.24, 2.45) is 0 Å². The summed E-state index contributed by atoms with van der Waals surface area (Å²) in [6.07, 6.45) is -0.835. The molecule has 0 aliphatic heterocycles. The topological polar surface area (TPSA) is 32.3 Å². The lowest BCUT2D eigenvalue weighted by molar-refractivity contribution is 0.191. The van der Waals surface area contributed by atoms with Crippen LogP contribution >= 0.6 is 23.2 Å². The van der Waals surface area contributed by atoms with Crippen LogP contribution in [0.15, 0.2) is 36.4 Å². The first-order valence-corrected chi connectivity index (χ1v) is 6.55. The van der Waals surface area contributed by atoms with Crippen molar-refractivity contribution in [3.05, 3.63) is 63.6 Å². The van der Waals surface area contributed by atoms with Gasteiger partial charge in [-0.3, -0.25) is 0 Å². The Labute approximate surface area is 125 Å². The fraction of sp³-hybridized carbons (Fsp3) is 0.143. The van der Waals surface area contributed by atoms with Gasteiger partial charge in [0.2, 0.25) is 0 Å². The lowest BCUT2D eigenvalue weighted by Gasteiger charge is -2.14. The molecule has 1 unspecified atom stereocenters. The van der Waals surface area contributed by atoms with Crippen LogP contribution in [0.3, 0.4) is 0 Å². The summed E-state index contributed by atoms with van der Waals surface area (Å²) in [6, 6.07) is 8.27. The van der Waals surface area contributed by atoms with Crippen molar-refractivity contribution in [2.75, 3.05) is 11.9 Å². The molecule has 106 valence electrons. The second-order valence-electron chi connectivity index (χ2n) is 4.20. The molecule has 6 heteroatoms. The van der Waals surface area contributed by atoms with Crippen LogP contribution in [0.5, 0.6) is 0 Å². The molecule has 2 aromatic rings. The van der Waals surface area contributed by atoms with Crippen molar-refractivity contribution in [3.63, 3.8) is 0 Å². The van der Waals surface area contributed by atoms with E-state index >= 15 is 0 Å². The minimum Gasteiger partial charge on any atom is -0.387 e. The molecular formula is C14H11Cl2F2NO. The minimum atomic E-state index is -0.835. The summed E-state index contributed by atoms with van der Waals surface area (Å²) in [6.45, 7) is 0.157. The molecule has 1 atom stereocenters. The van der Waals surface area contributed by atoms with Crippen LogP contribution in [0, 0.1) is 11.6 Å². The predicted octanol–water partition coefficient (Wildman–Crippen LogP) is 4.42. The summed E-state index contributed by atoms with van der Waals surface area (Å²) >= 11 is 11.3. The first kappa shape index (κ1) is 15.0. The highest BCUT2D eigenvalue weighted by atomic mass is 35.5. The Morgan fingerprint density at radius 1 is 1.05 bits per heavy atom. The molecule has 0 bridgehead atoms. The fourth-order valence-electron chi connectivity index (χ4n) is 1.67. The molecule has 20 heavy (non-hydrogen) atoms. The maximum atomic E-state index is 13.2. The van der Waals surface area contributed by atoms with Crippen LogP contribution in [0.2, 0.25) is 10.0 Å². The van der Waals surface area contributed by atoms with E-state index in [1.165, 1.54) is 36.4 Å². The quantitative estimate of drug-likeness (QED) is 0.818. The number of nitrogens with one attached hydrogen (secondary N) is 1. The molecule has 0 aromatic heterocycles. The highest BCUT2D eigenvalue weighted by molar-refractivity contribution is 6.35. The Kier molecular flexibility index (Phi) is 4.81. The molecule has 0 aliphatic carbocycles. The van der Waals surface area contributed by atoms with Gasteiger partial charge in [-0.25, -0.2) is 8.78 Å². The minimum absolute atomic E-state index is 0.101. The molecule has 0 saturated carbocycles. The Hall–Kier alpha value is -1.36. The Morgan fingerprint density at radius 3 is 2.15 bits per heavy atom. The van der Waals surface area contributed by atoms with E-state index < -0.39 is 11.9 Å². The summed E-state index contributed by atoms with van der Waals surface area (Å²) in [4.78, 5) is 0. The van der Waals surface area contributed by atoms with E-state index in [-0.39, 0.29) is 22.4 Å². The van der Waals surface area contributed by atoms with E-state index in [9.17, 15) is 13.9 Å². The van der Waals surface area contributed by atoms with Crippen LogP contribution < -0.4 is 5.32 Å². The zero-order chi connectivity index (χ0) is 14.7. The first-order chi connectivity index (χ1) is 9.47. The van der Waals surface area contributed by atoms with E-state index in [1.807, 2.05) is 0 Å². The fourth-order valence-corrected chi connectivity index (χ4v) is 2.16. The molecule has 0 radical (unpaired) electrons. The maximum Gasteiger partial charge on any atom is 0.160 e. The molecule has 0 heterocycles. The predicted molar refractivity (Wildman–Crippen MR) is 76.3 cm³/mol. The Balaban J connectivity index is 2.03. The summed E-state index contributed by atoms with van der Waals surface area (Å²) in [5, 5.41) is 12.6. The van der Waals surface area contributed by atoms with Gasteiger partial charge in [0, 0.05) is 12.2 Å². The normalized spacial score (nSPS) is 12.2. The summed E-state index contributed by atoms with van der Waals surface area (Å²) < 4.78 is 26.0. The summed E-state index contributed by atoms with van der Waals surface area (Å²) in [5.74, 6) is -1.05. The molecule has 2 nitrogen and oxygen atoms in total. The Bertz CT molecular complexity index is 582. The SMILES string of the molecule is OC(CNc1cc(Cl)c(F)c(Cl)c1)c1ccc(F)cc1. The lowest BCUT2D eigenvalue weighted by atomic mass is 10.1. The number of hydrogen-bond donors (Lipinski definition) is 2. The third-order valence-corrected chi connectivity index (χ3v) is 3.29.